The normalized spacial score (nSPS) is 16.7. The number of aliphatic carboxylic acids is 1. The van der Waals surface area contributed by atoms with Crippen LogP contribution in [0.4, 0.5) is 0 Å². The highest BCUT2D eigenvalue weighted by Gasteiger charge is 2.37. The summed E-state index contributed by atoms with van der Waals surface area (Å²) in [7, 11) is 0. The van der Waals surface area contributed by atoms with E-state index in [-0.39, 0.29) is 0 Å². The van der Waals surface area contributed by atoms with Gasteiger partial charge < -0.3 is 30.8 Å². The highest BCUT2D eigenvalue weighted by Crippen LogP contribution is 2.07. The number of rotatable bonds is 12. The number of hydrogen-bond acceptors (Lipinski definition) is 6. The van der Waals surface area contributed by atoms with E-state index in [0.29, 0.717) is 0 Å². The molecule has 4 atom stereocenters. The Morgan fingerprint density at radius 2 is 1.52 bits per heavy atom. The molecule has 23 heavy (non-hydrogen) atoms. The van der Waals surface area contributed by atoms with Crippen molar-refractivity contribution in [2.75, 3.05) is 0 Å². The largest absolute Gasteiger partial charge is 0.479 e. The maximum absolute atomic E-state index is 11.5. The van der Waals surface area contributed by atoms with Crippen molar-refractivity contribution in [3.8, 4) is 0 Å². The van der Waals surface area contributed by atoms with Crippen molar-refractivity contribution in [1.29, 1.82) is 0 Å². The first-order valence-corrected chi connectivity index (χ1v) is 7.73. The lowest BCUT2D eigenvalue weighted by molar-refractivity contribution is -0.166. The molecule has 0 aliphatic heterocycles. The number of carbonyl (C=O) groups excluding carboxylic acids is 1. The Hall–Kier alpha value is -1.48. The number of hydrogen-bond donors (Lipinski definition) is 6. The van der Waals surface area contributed by atoms with Crippen molar-refractivity contribution in [1.82, 2.24) is 5.32 Å². The van der Waals surface area contributed by atoms with E-state index in [1.807, 2.05) is 0 Å². The van der Waals surface area contributed by atoms with Crippen molar-refractivity contribution in [3.05, 3.63) is 12.3 Å². The van der Waals surface area contributed by atoms with E-state index < -0.39 is 36.3 Å². The lowest BCUT2D eigenvalue weighted by Gasteiger charge is -2.23. The van der Waals surface area contributed by atoms with Crippen LogP contribution in [0.2, 0.25) is 0 Å². The molecular weight excluding hydrogens is 306 g/mol. The van der Waals surface area contributed by atoms with Crippen LogP contribution >= 0.6 is 0 Å². The van der Waals surface area contributed by atoms with Crippen molar-refractivity contribution in [2.24, 2.45) is 0 Å². The number of aliphatic hydroxyl groups is 4. The van der Waals surface area contributed by atoms with Gasteiger partial charge in [-0.05, 0) is 19.0 Å². The van der Waals surface area contributed by atoms with Crippen LogP contribution in [0.1, 0.15) is 45.4 Å². The second kappa shape index (κ2) is 12.0. The first kappa shape index (κ1) is 21.5. The van der Waals surface area contributed by atoms with Crippen LogP contribution in [0.3, 0.4) is 0 Å². The van der Waals surface area contributed by atoms with Gasteiger partial charge in [-0.2, -0.15) is 0 Å². The van der Waals surface area contributed by atoms with Gasteiger partial charge in [0.2, 0.25) is 0 Å². The van der Waals surface area contributed by atoms with Crippen LogP contribution in [-0.4, -0.2) is 61.8 Å². The summed E-state index contributed by atoms with van der Waals surface area (Å²) >= 11 is 0. The van der Waals surface area contributed by atoms with Gasteiger partial charge in [-0.1, -0.05) is 38.7 Å². The lowest BCUT2D eigenvalue weighted by Crippen LogP contribution is -2.52. The lowest BCUT2D eigenvalue weighted by atomic mass is 10.0. The Balaban J connectivity index is 4.12. The molecule has 0 radical (unpaired) electrons. The molecule has 0 rings (SSSR count). The van der Waals surface area contributed by atoms with Crippen LogP contribution < -0.4 is 5.32 Å². The molecule has 0 saturated heterocycles. The van der Waals surface area contributed by atoms with Crippen LogP contribution in [-0.2, 0) is 9.59 Å². The molecule has 134 valence electrons. The summed E-state index contributed by atoms with van der Waals surface area (Å²) in [5.74, 6) is -2.77. The summed E-state index contributed by atoms with van der Waals surface area (Å²) in [6, 6.07) is 0. The minimum atomic E-state index is -2.30. The second-order valence-corrected chi connectivity index (χ2v) is 5.32. The minimum absolute atomic E-state index is 0.753. The molecule has 0 aromatic carbocycles. The SMILES string of the molecule is CCCCCCCC=CNC(=O)C(O)C(O)C(O)C(O)C(=O)O. The number of carbonyl (C=O) groups is 2. The van der Waals surface area contributed by atoms with E-state index in [2.05, 4.69) is 12.2 Å². The summed E-state index contributed by atoms with van der Waals surface area (Å²) in [6.07, 6.45) is 0.675. The van der Waals surface area contributed by atoms with Crippen molar-refractivity contribution in [2.45, 2.75) is 69.9 Å². The van der Waals surface area contributed by atoms with Crippen molar-refractivity contribution < 1.29 is 35.1 Å². The maximum Gasteiger partial charge on any atom is 0.335 e. The molecule has 0 aromatic rings. The molecule has 0 aliphatic rings. The van der Waals surface area contributed by atoms with E-state index in [9.17, 15) is 24.9 Å². The number of carboxylic acid groups (broad SMARTS) is 1. The zero-order valence-electron chi connectivity index (χ0n) is 13.3. The van der Waals surface area contributed by atoms with Gasteiger partial charge in [0.15, 0.2) is 12.2 Å². The van der Waals surface area contributed by atoms with Gasteiger partial charge in [0.1, 0.15) is 12.2 Å². The zero-order valence-corrected chi connectivity index (χ0v) is 13.3. The molecule has 6 N–H and O–H groups in total. The van der Waals surface area contributed by atoms with Crippen LogP contribution in [0.25, 0.3) is 0 Å². The fraction of sp³-hybridized carbons (Fsp3) is 0.733. The summed E-state index contributed by atoms with van der Waals surface area (Å²) < 4.78 is 0. The minimum Gasteiger partial charge on any atom is -0.479 e. The number of amides is 1. The molecule has 1 amide bonds. The van der Waals surface area contributed by atoms with Crippen LogP contribution in [0.15, 0.2) is 12.3 Å². The number of allylic oxidation sites excluding steroid dienone is 1. The van der Waals surface area contributed by atoms with Crippen LogP contribution in [0.5, 0.6) is 0 Å². The molecule has 8 nitrogen and oxygen atoms in total. The molecule has 4 unspecified atom stereocenters. The molecule has 0 fully saturated rings. The standard InChI is InChI=1S/C15H27NO7/c1-2-3-4-5-6-7-8-9-16-14(21)12(19)10(17)11(18)13(20)15(22)23/h8-13,17-20H,2-7H2,1H3,(H,16,21)(H,22,23). The Morgan fingerprint density at radius 3 is 2.09 bits per heavy atom. The van der Waals surface area contributed by atoms with Gasteiger partial charge in [0.05, 0.1) is 0 Å². The average molecular weight is 333 g/mol. The first-order valence-electron chi connectivity index (χ1n) is 7.73. The predicted molar refractivity (Wildman–Crippen MR) is 82.3 cm³/mol. The fourth-order valence-electron chi connectivity index (χ4n) is 1.85. The van der Waals surface area contributed by atoms with E-state index in [1.165, 1.54) is 12.6 Å². The molecule has 0 bridgehead atoms. The van der Waals surface area contributed by atoms with E-state index >= 15 is 0 Å². The molecule has 0 aliphatic carbocycles. The molecule has 0 saturated carbocycles. The van der Waals surface area contributed by atoms with Gasteiger partial charge >= 0.3 is 5.97 Å². The zero-order chi connectivity index (χ0) is 17.8. The van der Waals surface area contributed by atoms with E-state index in [1.54, 1.807) is 6.08 Å². The molecule has 0 spiro atoms. The molecule has 0 heterocycles. The number of aliphatic hydroxyl groups excluding tert-OH is 4. The smallest absolute Gasteiger partial charge is 0.335 e. The van der Waals surface area contributed by atoms with Gasteiger partial charge in [-0.3, -0.25) is 4.79 Å². The average Bonchev–Trinajstić information content (AvgIpc) is 2.54. The van der Waals surface area contributed by atoms with Gasteiger partial charge in [0, 0.05) is 0 Å². The third-order valence-electron chi connectivity index (χ3n) is 3.34. The third kappa shape index (κ3) is 8.65. The molecule has 0 aromatic heterocycles. The highest BCUT2D eigenvalue weighted by atomic mass is 16.4. The van der Waals surface area contributed by atoms with Gasteiger partial charge in [-0.25, -0.2) is 4.79 Å². The maximum atomic E-state index is 11.5. The molecular formula is C15H27NO7. The highest BCUT2D eigenvalue weighted by molar-refractivity contribution is 5.82. The van der Waals surface area contributed by atoms with Crippen molar-refractivity contribution in [3.63, 3.8) is 0 Å². The number of carboxylic acids is 1. The third-order valence-corrected chi connectivity index (χ3v) is 3.34. The second-order valence-electron chi connectivity index (χ2n) is 5.32. The fourth-order valence-corrected chi connectivity index (χ4v) is 1.85. The summed E-state index contributed by atoms with van der Waals surface area (Å²) in [6.45, 7) is 2.13. The quantitative estimate of drug-likeness (QED) is 0.264. The molecule has 8 heteroatoms. The Bertz CT molecular complexity index is 386. The summed E-state index contributed by atoms with van der Waals surface area (Å²) in [4.78, 5) is 22.0. The van der Waals surface area contributed by atoms with Crippen molar-refractivity contribution >= 4 is 11.9 Å². The van der Waals surface area contributed by atoms with Gasteiger partial charge in [-0.15, -0.1) is 0 Å². The Labute approximate surface area is 135 Å². The predicted octanol–water partition coefficient (Wildman–Crippen LogP) is -0.495. The Morgan fingerprint density at radius 1 is 0.957 bits per heavy atom. The number of unbranched alkanes of at least 4 members (excludes halogenated alkanes) is 5. The van der Waals surface area contributed by atoms with Gasteiger partial charge in [0.25, 0.3) is 5.91 Å². The van der Waals surface area contributed by atoms with E-state index in [4.69, 9.17) is 10.2 Å². The topological polar surface area (TPSA) is 147 Å². The summed E-state index contributed by atoms with van der Waals surface area (Å²) in [5, 5.41) is 48.1. The number of nitrogens with one attached hydrogen (secondary N) is 1. The monoisotopic (exact) mass is 333 g/mol. The van der Waals surface area contributed by atoms with Crippen LogP contribution in [0, 0.1) is 0 Å². The summed E-state index contributed by atoms with van der Waals surface area (Å²) in [5.41, 5.74) is 0. The van der Waals surface area contributed by atoms with E-state index in [0.717, 1.165) is 32.1 Å². The Kier molecular flexibility index (Phi) is 11.2. The first-order chi connectivity index (χ1) is 10.8.